The Kier molecular flexibility index (Phi) is 5.75. The molecule has 5 nitrogen and oxygen atoms in total. The van der Waals surface area contributed by atoms with E-state index in [0.29, 0.717) is 22.6 Å². The van der Waals surface area contributed by atoms with Gasteiger partial charge in [-0.1, -0.05) is 24.3 Å². The molecule has 0 atom stereocenters. The largest absolute Gasteiger partial charge is 0.495 e. The maximum atomic E-state index is 12.6. The summed E-state index contributed by atoms with van der Waals surface area (Å²) in [4.78, 5) is 25.2. The van der Waals surface area contributed by atoms with Crippen LogP contribution >= 0.6 is 0 Å². The molecule has 142 valence electrons. The van der Waals surface area contributed by atoms with Gasteiger partial charge in [-0.05, 0) is 67.4 Å². The number of aryl methyl sites for hydroxylation is 2. The number of nitrogens with one attached hydrogen (secondary N) is 2. The molecule has 0 bridgehead atoms. The Hall–Kier alpha value is -3.60. The van der Waals surface area contributed by atoms with Gasteiger partial charge in [-0.25, -0.2) is 0 Å². The molecular weight excluding hydrogens is 352 g/mol. The predicted octanol–water partition coefficient (Wildman–Crippen LogP) is 4.82. The SMILES string of the molecule is COc1ccccc1NC(=O)c1cccc(C(=O)Nc2cc(C)cc(C)c2)c1. The maximum absolute atomic E-state index is 12.6. The Morgan fingerprint density at radius 2 is 1.36 bits per heavy atom. The van der Waals surface area contributed by atoms with Gasteiger partial charge < -0.3 is 15.4 Å². The Bertz CT molecular complexity index is 1010. The normalized spacial score (nSPS) is 10.2. The lowest BCUT2D eigenvalue weighted by Crippen LogP contribution is -2.16. The van der Waals surface area contributed by atoms with E-state index in [-0.39, 0.29) is 11.8 Å². The molecule has 3 rings (SSSR count). The van der Waals surface area contributed by atoms with Gasteiger partial charge in [-0.3, -0.25) is 9.59 Å². The minimum atomic E-state index is -0.314. The van der Waals surface area contributed by atoms with Crippen LogP contribution in [0.4, 0.5) is 11.4 Å². The van der Waals surface area contributed by atoms with Crippen LogP contribution in [0.1, 0.15) is 31.8 Å². The second-order valence-electron chi connectivity index (χ2n) is 6.57. The summed E-state index contributed by atoms with van der Waals surface area (Å²) in [7, 11) is 1.54. The van der Waals surface area contributed by atoms with Crippen LogP contribution in [0.15, 0.2) is 66.7 Å². The summed E-state index contributed by atoms with van der Waals surface area (Å²) in [5.74, 6) is -0.0120. The van der Waals surface area contributed by atoms with E-state index in [1.165, 1.54) is 0 Å². The molecule has 0 spiro atoms. The number of rotatable bonds is 5. The zero-order valence-electron chi connectivity index (χ0n) is 16.1. The fourth-order valence-electron chi connectivity index (χ4n) is 2.99. The van der Waals surface area contributed by atoms with E-state index in [1.807, 2.05) is 44.2 Å². The Morgan fingerprint density at radius 3 is 2.00 bits per heavy atom. The Labute approximate surface area is 164 Å². The molecule has 3 aromatic carbocycles. The van der Waals surface area contributed by atoms with Crippen LogP contribution in [-0.4, -0.2) is 18.9 Å². The second-order valence-corrected chi connectivity index (χ2v) is 6.57. The molecule has 2 amide bonds. The first-order chi connectivity index (χ1) is 13.5. The summed E-state index contributed by atoms with van der Waals surface area (Å²) >= 11 is 0. The van der Waals surface area contributed by atoms with Crippen molar-refractivity contribution >= 4 is 23.2 Å². The standard InChI is InChI=1S/C23H22N2O3/c1-15-11-16(2)13-19(12-15)24-22(26)17-7-6-8-18(14-17)23(27)25-20-9-4-5-10-21(20)28-3/h4-14H,1-3H3,(H,24,26)(H,25,27). The van der Waals surface area contributed by atoms with Crippen LogP contribution in [0.3, 0.4) is 0 Å². The number of benzene rings is 3. The van der Waals surface area contributed by atoms with Crippen molar-refractivity contribution in [2.75, 3.05) is 17.7 Å². The molecule has 0 unspecified atom stereocenters. The van der Waals surface area contributed by atoms with Crippen molar-refractivity contribution in [1.29, 1.82) is 0 Å². The first-order valence-corrected chi connectivity index (χ1v) is 8.90. The van der Waals surface area contributed by atoms with Crippen molar-refractivity contribution in [3.63, 3.8) is 0 Å². The number of carbonyl (C=O) groups is 2. The minimum Gasteiger partial charge on any atom is -0.495 e. The quantitative estimate of drug-likeness (QED) is 0.673. The zero-order chi connectivity index (χ0) is 20.1. The number of hydrogen-bond acceptors (Lipinski definition) is 3. The van der Waals surface area contributed by atoms with E-state index in [0.717, 1.165) is 16.8 Å². The first kappa shape index (κ1) is 19.2. The van der Waals surface area contributed by atoms with Gasteiger partial charge in [-0.2, -0.15) is 0 Å². The van der Waals surface area contributed by atoms with E-state index in [1.54, 1.807) is 43.5 Å². The smallest absolute Gasteiger partial charge is 0.255 e. The molecule has 0 heterocycles. The van der Waals surface area contributed by atoms with Crippen LogP contribution in [0.25, 0.3) is 0 Å². The highest BCUT2D eigenvalue weighted by Gasteiger charge is 2.13. The van der Waals surface area contributed by atoms with E-state index in [9.17, 15) is 9.59 Å². The lowest BCUT2D eigenvalue weighted by molar-refractivity contribution is 0.102. The third kappa shape index (κ3) is 4.57. The molecule has 0 aliphatic carbocycles. The van der Waals surface area contributed by atoms with Gasteiger partial charge in [0.25, 0.3) is 11.8 Å². The number of hydrogen-bond donors (Lipinski definition) is 2. The van der Waals surface area contributed by atoms with Gasteiger partial charge in [0, 0.05) is 16.8 Å². The van der Waals surface area contributed by atoms with E-state index >= 15 is 0 Å². The lowest BCUT2D eigenvalue weighted by Gasteiger charge is -2.11. The Morgan fingerprint density at radius 1 is 0.750 bits per heavy atom. The highest BCUT2D eigenvalue weighted by Crippen LogP contribution is 2.24. The third-order valence-corrected chi connectivity index (χ3v) is 4.22. The highest BCUT2D eigenvalue weighted by molar-refractivity contribution is 6.09. The topological polar surface area (TPSA) is 67.4 Å². The molecule has 5 heteroatoms. The van der Waals surface area contributed by atoms with Gasteiger partial charge >= 0.3 is 0 Å². The molecule has 0 saturated heterocycles. The van der Waals surface area contributed by atoms with Gasteiger partial charge in [0.2, 0.25) is 0 Å². The summed E-state index contributed by atoms with van der Waals surface area (Å²) in [6, 6.07) is 19.6. The van der Waals surface area contributed by atoms with Crippen molar-refractivity contribution in [3.05, 3.63) is 89.0 Å². The number of para-hydroxylation sites is 2. The average molecular weight is 374 g/mol. The molecule has 0 fully saturated rings. The summed E-state index contributed by atoms with van der Waals surface area (Å²) < 4.78 is 5.25. The van der Waals surface area contributed by atoms with Crippen molar-refractivity contribution < 1.29 is 14.3 Å². The van der Waals surface area contributed by atoms with Crippen molar-refractivity contribution in [3.8, 4) is 5.75 Å². The van der Waals surface area contributed by atoms with Crippen LogP contribution in [0, 0.1) is 13.8 Å². The number of methoxy groups -OCH3 is 1. The number of amides is 2. The Balaban J connectivity index is 1.77. The molecule has 0 aliphatic rings. The van der Waals surface area contributed by atoms with Gasteiger partial charge in [0.1, 0.15) is 5.75 Å². The van der Waals surface area contributed by atoms with E-state index in [4.69, 9.17) is 4.74 Å². The van der Waals surface area contributed by atoms with Gasteiger partial charge in [0.05, 0.1) is 12.8 Å². The summed E-state index contributed by atoms with van der Waals surface area (Å²) in [6.45, 7) is 3.96. The number of carbonyl (C=O) groups excluding carboxylic acids is 2. The van der Waals surface area contributed by atoms with E-state index in [2.05, 4.69) is 10.6 Å². The molecule has 0 aromatic heterocycles. The number of ether oxygens (including phenoxy) is 1. The van der Waals surface area contributed by atoms with Crippen LogP contribution < -0.4 is 15.4 Å². The second kappa shape index (κ2) is 8.39. The molecule has 0 aliphatic heterocycles. The zero-order valence-corrected chi connectivity index (χ0v) is 16.1. The highest BCUT2D eigenvalue weighted by atomic mass is 16.5. The summed E-state index contributed by atoms with van der Waals surface area (Å²) in [6.07, 6.45) is 0. The number of anilines is 2. The van der Waals surface area contributed by atoms with Crippen molar-refractivity contribution in [2.45, 2.75) is 13.8 Å². The first-order valence-electron chi connectivity index (χ1n) is 8.90. The summed E-state index contributed by atoms with van der Waals surface area (Å²) in [5, 5.41) is 5.70. The van der Waals surface area contributed by atoms with Gasteiger partial charge in [-0.15, -0.1) is 0 Å². The van der Waals surface area contributed by atoms with Crippen LogP contribution in [0.2, 0.25) is 0 Å². The molecule has 0 radical (unpaired) electrons. The molecule has 2 N–H and O–H groups in total. The molecule has 3 aromatic rings. The molecule has 28 heavy (non-hydrogen) atoms. The van der Waals surface area contributed by atoms with Crippen molar-refractivity contribution in [2.24, 2.45) is 0 Å². The van der Waals surface area contributed by atoms with Crippen LogP contribution in [-0.2, 0) is 0 Å². The lowest BCUT2D eigenvalue weighted by atomic mass is 10.1. The fourth-order valence-corrected chi connectivity index (χ4v) is 2.99. The monoisotopic (exact) mass is 374 g/mol. The predicted molar refractivity (Wildman–Crippen MR) is 111 cm³/mol. The maximum Gasteiger partial charge on any atom is 0.255 e. The summed E-state index contributed by atoms with van der Waals surface area (Å²) in [5.41, 5.74) is 4.23. The van der Waals surface area contributed by atoms with Gasteiger partial charge in [0.15, 0.2) is 0 Å². The molecular formula is C23H22N2O3. The minimum absolute atomic E-state index is 0.267. The molecule has 0 saturated carbocycles. The fraction of sp³-hybridized carbons (Fsp3) is 0.130. The van der Waals surface area contributed by atoms with E-state index < -0.39 is 0 Å². The van der Waals surface area contributed by atoms with Crippen LogP contribution in [0.5, 0.6) is 5.75 Å². The third-order valence-electron chi connectivity index (χ3n) is 4.22. The van der Waals surface area contributed by atoms with Crippen molar-refractivity contribution in [1.82, 2.24) is 0 Å². The average Bonchev–Trinajstić information content (AvgIpc) is 2.67.